The Morgan fingerprint density at radius 3 is 2.05 bits per heavy atom. The van der Waals surface area contributed by atoms with E-state index in [1.807, 2.05) is 30.3 Å². The number of imidazole rings is 1. The summed E-state index contributed by atoms with van der Waals surface area (Å²) >= 11 is 0. The molecule has 0 aliphatic carbocycles. The van der Waals surface area contributed by atoms with E-state index >= 15 is 0 Å². The fourth-order valence-corrected chi connectivity index (χ4v) is 8.39. The van der Waals surface area contributed by atoms with E-state index < -0.39 is 38.0 Å². The smallest absolute Gasteiger partial charge is 0.459 e. The maximum absolute atomic E-state index is 14.7. The fourth-order valence-electron chi connectivity index (χ4n) is 6.85. The summed E-state index contributed by atoms with van der Waals surface area (Å²) in [5, 5.41) is 2.89. The average Bonchev–Trinajstić information content (AvgIpc) is 3.65. The number of hydrogen-bond donors (Lipinski definition) is 2. The van der Waals surface area contributed by atoms with Crippen molar-refractivity contribution in [1.82, 2.24) is 24.6 Å². The molecule has 59 heavy (non-hydrogen) atoms. The molecule has 2 aromatic heterocycles. The summed E-state index contributed by atoms with van der Waals surface area (Å²) in [6.07, 6.45) is 26.7. The minimum atomic E-state index is -4.36. The second-order valence-electron chi connectivity index (χ2n) is 15.1. The summed E-state index contributed by atoms with van der Waals surface area (Å²) in [5.74, 6) is 2.19. The number of esters is 1. The molecule has 0 saturated heterocycles. The number of anilines is 1. The molecule has 2 heterocycles. The number of nitrogens with zero attached hydrogens (tertiary/aromatic N) is 4. The Hall–Kier alpha value is -4.34. The van der Waals surface area contributed by atoms with Crippen LogP contribution in [0.4, 0.5) is 10.2 Å². The number of hydrogen-bond acceptors (Lipinski definition) is 10. The highest BCUT2D eigenvalue weighted by Gasteiger charge is 2.39. The summed E-state index contributed by atoms with van der Waals surface area (Å²) in [6.45, 7) is 2.26. The molecule has 0 saturated carbocycles. The number of ether oxygens (including phenoxy) is 2. The number of aromatic nitrogens is 4. The maximum atomic E-state index is 14.7. The average molecular weight is 835 g/mol. The first-order valence-corrected chi connectivity index (χ1v) is 22.9. The van der Waals surface area contributed by atoms with Gasteiger partial charge in [0.2, 0.25) is 0 Å². The van der Waals surface area contributed by atoms with Gasteiger partial charge in [0.15, 0.2) is 17.1 Å². The lowest BCUT2D eigenvalue weighted by Crippen LogP contribution is -2.41. The molecule has 0 radical (unpaired) electrons. The Kier molecular flexibility index (Phi) is 20.9. The van der Waals surface area contributed by atoms with E-state index in [1.54, 1.807) is 34.9 Å². The van der Waals surface area contributed by atoms with Crippen LogP contribution in [0.15, 0.2) is 67.0 Å². The predicted octanol–water partition coefficient (Wildman–Crippen LogP) is 10.2. The molecule has 0 aliphatic heterocycles. The summed E-state index contributed by atoms with van der Waals surface area (Å²) in [5.41, 5.74) is 5.63. The second kappa shape index (κ2) is 26.0. The van der Waals surface area contributed by atoms with Crippen molar-refractivity contribution in [3.05, 3.63) is 78.6 Å². The first-order valence-electron chi connectivity index (χ1n) is 21.3. The second-order valence-corrected chi connectivity index (χ2v) is 16.8. The first-order chi connectivity index (χ1) is 28.7. The number of carbonyl (C=O) groups is 1. The minimum absolute atomic E-state index is 0.0942. The molecule has 14 heteroatoms. The van der Waals surface area contributed by atoms with Crippen LogP contribution in [0.3, 0.4) is 0 Å². The van der Waals surface area contributed by atoms with Crippen LogP contribution in [0.1, 0.15) is 122 Å². The lowest BCUT2D eigenvalue weighted by molar-refractivity contribution is -0.146. The van der Waals surface area contributed by atoms with E-state index in [0.29, 0.717) is 0 Å². The lowest BCUT2D eigenvalue weighted by Gasteiger charge is -2.30. The normalized spacial score (nSPS) is 14.0. The molecular weight excluding hydrogens is 771 g/mol. The van der Waals surface area contributed by atoms with Gasteiger partial charge in [-0.3, -0.25) is 9.32 Å². The number of para-hydroxylation sites is 1. The largest absolute Gasteiger partial charge is 0.465 e. The number of nitrogens with two attached hydrogens (primary N) is 1. The molecule has 3 atom stereocenters. The highest BCUT2D eigenvalue weighted by atomic mass is 31.2. The van der Waals surface area contributed by atoms with Crippen molar-refractivity contribution in [2.45, 2.75) is 141 Å². The zero-order chi connectivity index (χ0) is 42.2. The van der Waals surface area contributed by atoms with Gasteiger partial charge in [-0.1, -0.05) is 158 Å². The topological polar surface area (TPSA) is 153 Å². The van der Waals surface area contributed by atoms with Crippen molar-refractivity contribution in [3.63, 3.8) is 0 Å². The quantitative estimate of drug-likeness (QED) is 0.0164. The molecule has 1 unspecified atom stereocenters. The summed E-state index contributed by atoms with van der Waals surface area (Å²) in [6, 6.07) is 16.8. The number of rotatable bonds is 31. The van der Waals surface area contributed by atoms with Gasteiger partial charge < -0.3 is 24.3 Å². The van der Waals surface area contributed by atoms with Crippen LogP contribution in [0.5, 0.6) is 5.75 Å². The minimum Gasteiger partial charge on any atom is -0.465 e. The van der Waals surface area contributed by atoms with Crippen LogP contribution in [-0.2, 0) is 36.3 Å². The van der Waals surface area contributed by atoms with Crippen molar-refractivity contribution < 1.29 is 32.3 Å². The van der Waals surface area contributed by atoms with E-state index in [9.17, 15) is 13.8 Å². The van der Waals surface area contributed by atoms with Gasteiger partial charge in [-0.25, -0.2) is 9.55 Å². The van der Waals surface area contributed by atoms with Crippen LogP contribution in [-0.4, -0.2) is 57.5 Å². The molecule has 0 fully saturated rings. The number of aryl methyl sites for hydroxylation is 1. The Morgan fingerprint density at radius 1 is 0.898 bits per heavy atom. The number of benzene rings is 2. The van der Waals surface area contributed by atoms with Crippen LogP contribution < -0.4 is 15.3 Å². The Balaban J connectivity index is 1.32. The number of nitrogens with one attached hydrogen (secondary N) is 1. The summed E-state index contributed by atoms with van der Waals surface area (Å²) < 4.78 is 53.8. The van der Waals surface area contributed by atoms with E-state index in [0.717, 1.165) is 24.8 Å². The number of fused-ring (bicyclic) bond motifs is 1. The molecule has 4 rings (SSSR count). The molecule has 2 aromatic carbocycles. The number of carbonyl (C=O) groups excluding carboxylic acids is 1. The number of nitrogen functional groups attached to an aromatic ring is 1. The first kappa shape index (κ1) is 47.3. The third-order valence-corrected chi connectivity index (χ3v) is 12.0. The van der Waals surface area contributed by atoms with Gasteiger partial charge in [0, 0.05) is 20.1 Å². The SMILES string of the molecule is C#C[C@](CCn1cnc2c(N)nc(F)nc21)(COP(=O)(N[C@@H](Cc1ccccc1)C(=O)OCCCCCCCCCCCCCCCCCC)Oc1ccccc1)OC. The fraction of sp³-hybridized carbons (Fsp3) is 0.556. The van der Waals surface area contributed by atoms with E-state index in [2.05, 4.69) is 32.9 Å². The van der Waals surface area contributed by atoms with Crippen LogP contribution >= 0.6 is 7.75 Å². The molecule has 4 aromatic rings. The molecule has 322 valence electrons. The van der Waals surface area contributed by atoms with E-state index in [4.69, 9.17) is 30.7 Å². The van der Waals surface area contributed by atoms with Gasteiger partial charge in [0.25, 0.3) is 0 Å². The number of halogens is 1. The van der Waals surface area contributed by atoms with Crippen molar-refractivity contribution in [2.24, 2.45) is 0 Å². The molecule has 0 aliphatic rings. The van der Waals surface area contributed by atoms with Crippen molar-refractivity contribution >= 4 is 30.7 Å². The Morgan fingerprint density at radius 2 is 1.47 bits per heavy atom. The van der Waals surface area contributed by atoms with Crippen LogP contribution in [0.25, 0.3) is 11.2 Å². The van der Waals surface area contributed by atoms with Crippen molar-refractivity contribution in [3.8, 4) is 18.1 Å². The van der Waals surface area contributed by atoms with Crippen LogP contribution in [0, 0.1) is 18.4 Å². The molecule has 3 N–H and O–H groups in total. The highest BCUT2D eigenvalue weighted by Crippen LogP contribution is 2.46. The molecule has 0 spiro atoms. The molecule has 12 nitrogen and oxygen atoms in total. The Labute approximate surface area is 350 Å². The van der Waals surface area contributed by atoms with Gasteiger partial charge in [-0.05, 0) is 30.5 Å². The third-order valence-electron chi connectivity index (χ3n) is 10.4. The zero-order valence-electron chi connectivity index (χ0n) is 35.0. The summed E-state index contributed by atoms with van der Waals surface area (Å²) in [4.78, 5) is 25.3. The monoisotopic (exact) mass is 834 g/mol. The standard InChI is InChI=1S/C45H64FN6O6P/c1-4-6-7-8-9-10-11-12-13-14-15-16-17-18-19-26-33-56-43(53)39(34-37-27-22-20-23-28-37)51-59(54,58-38-29-24-21-25-30-38)57-35-45(5-2,55-3)31-32-52-36-48-40-41(47)49-44(46)50-42(40)52/h2,20-25,27-30,36,39H,4,6-19,26,31-35H2,1,3H3,(H,51,54)(H2,47,49,50)/t39-,45-,59?/m0/s1. The van der Waals surface area contributed by atoms with Gasteiger partial charge in [-0.15, -0.1) is 6.42 Å². The maximum Gasteiger partial charge on any atom is 0.459 e. The number of unbranched alkanes of at least 4 members (excludes halogenated alkanes) is 15. The van der Waals surface area contributed by atoms with Crippen LogP contribution in [0.2, 0.25) is 0 Å². The van der Waals surface area contributed by atoms with Gasteiger partial charge in [-0.2, -0.15) is 19.4 Å². The van der Waals surface area contributed by atoms with E-state index in [-0.39, 0.29) is 48.7 Å². The highest BCUT2D eigenvalue weighted by molar-refractivity contribution is 7.52. The molecule has 0 amide bonds. The molecular formula is C45H64FN6O6P. The third kappa shape index (κ3) is 16.7. The molecule has 0 bridgehead atoms. The van der Waals surface area contributed by atoms with Gasteiger partial charge in [0.05, 0.1) is 19.5 Å². The number of methoxy groups -OCH3 is 1. The van der Waals surface area contributed by atoms with Crippen molar-refractivity contribution in [2.75, 3.05) is 26.1 Å². The van der Waals surface area contributed by atoms with Crippen molar-refractivity contribution in [1.29, 1.82) is 0 Å². The predicted molar refractivity (Wildman–Crippen MR) is 231 cm³/mol. The Bertz CT molecular complexity index is 1890. The summed E-state index contributed by atoms with van der Waals surface area (Å²) in [7, 11) is -2.95. The van der Waals surface area contributed by atoms with E-state index in [1.165, 1.54) is 96.9 Å². The van der Waals surface area contributed by atoms with Gasteiger partial charge >= 0.3 is 19.8 Å². The van der Waals surface area contributed by atoms with Gasteiger partial charge in [0.1, 0.15) is 17.3 Å². The number of terminal acetylenes is 1. The zero-order valence-corrected chi connectivity index (χ0v) is 35.9. The lowest BCUT2D eigenvalue weighted by atomic mass is 10.0.